The maximum atomic E-state index is 14.1. The number of nitrogens with zero attached hydrogens (tertiary/aromatic N) is 2. The average molecular weight is 447 g/mol. The highest BCUT2D eigenvalue weighted by atomic mass is 19.1. The molecule has 33 heavy (non-hydrogen) atoms. The molecule has 2 heterocycles. The first-order valence-corrected chi connectivity index (χ1v) is 10.7. The number of anilines is 1. The molecule has 168 valence electrons. The fourth-order valence-electron chi connectivity index (χ4n) is 5.25. The lowest BCUT2D eigenvalue weighted by atomic mass is 9.79. The SMILES string of the molecule is CN1C[C@H](c2ccccc2OCc2ccccc2F)[C@H]([N+](=O)[O-])[C@]12C(=O)Nc1ccccc12. The van der Waals surface area contributed by atoms with E-state index in [2.05, 4.69) is 5.32 Å². The van der Waals surface area contributed by atoms with E-state index in [1.54, 1.807) is 78.7 Å². The average Bonchev–Trinajstić information content (AvgIpc) is 3.28. The van der Waals surface area contributed by atoms with Gasteiger partial charge in [-0.15, -0.1) is 0 Å². The van der Waals surface area contributed by atoms with Crippen molar-refractivity contribution < 1.29 is 18.8 Å². The van der Waals surface area contributed by atoms with Gasteiger partial charge in [0.1, 0.15) is 18.2 Å². The number of likely N-dealkylation sites (N-methyl/N-ethyl adjacent to an activating group) is 1. The van der Waals surface area contributed by atoms with Gasteiger partial charge in [-0.25, -0.2) is 4.39 Å². The zero-order valence-electron chi connectivity index (χ0n) is 17.9. The summed E-state index contributed by atoms with van der Waals surface area (Å²) < 4.78 is 20.0. The number of hydrogen-bond acceptors (Lipinski definition) is 5. The van der Waals surface area contributed by atoms with Crippen molar-refractivity contribution in [1.82, 2.24) is 4.90 Å². The molecule has 2 aliphatic rings. The molecule has 1 amide bonds. The highest BCUT2D eigenvalue weighted by Gasteiger charge is 2.68. The monoisotopic (exact) mass is 447 g/mol. The van der Waals surface area contributed by atoms with Crippen LogP contribution in [0, 0.1) is 15.9 Å². The number of fused-ring (bicyclic) bond motifs is 2. The predicted molar refractivity (Wildman–Crippen MR) is 120 cm³/mol. The van der Waals surface area contributed by atoms with E-state index in [1.807, 2.05) is 0 Å². The van der Waals surface area contributed by atoms with Gasteiger partial charge in [0.2, 0.25) is 0 Å². The van der Waals surface area contributed by atoms with Crippen molar-refractivity contribution in [2.75, 3.05) is 18.9 Å². The van der Waals surface area contributed by atoms with Crippen LogP contribution in [0.4, 0.5) is 10.1 Å². The quantitative estimate of drug-likeness (QED) is 0.473. The molecular weight excluding hydrogens is 425 g/mol. The first-order valence-electron chi connectivity index (χ1n) is 10.7. The number of carbonyl (C=O) groups excluding carboxylic acids is 1. The summed E-state index contributed by atoms with van der Waals surface area (Å²) in [4.78, 5) is 27.2. The van der Waals surface area contributed by atoms with Crippen LogP contribution in [0.1, 0.15) is 22.6 Å². The Labute approximate surface area is 189 Å². The summed E-state index contributed by atoms with van der Waals surface area (Å²) in [7, 11) is 1.74. The summed E-state index contributed by atoms with van der Waals surface area (Å²) in [6, 6.07) is 19.2. The number of ether oxygens (including phenoxy) is 1. The molecule has 3 atom stereocenters. The van der Waals surface area contributed by atoms with Crippen LogP contribution >= 0.6 is 0 Å². The molecule has 1 N–H and O–H groups in total. The number of carbonyl (C=O) groups is 1. The van der Waals surface area contributed by atoms with Gasteiger partial charge in [-0.1, -0.05) is 54.6 Å². The molecular formula is C25H22FN3O4. The minimum atomic E-state index is -1.43. The minimum Gasteiger partial charge on any atom is -0.488 e. The second kappa shape index (κ2) is 7.97. The molecule has 0 aliphatic carbocycles. The number of hydrogen-bond donors (Lipinski definition) is 1. The second-order valence-electron chi connectivity index (χ2n) is 8.40. The third kappa shape index (κ3) is 3.17. The van der Waals surface area contributed by atoms with E-state index in [1.165, 1.54) is 6.07 Å². The van der Waals surface area contributed by atoms with Crippen molar-refractivity contribution in [3.05, 3.63) is 105 Å². The number of para-hydroxylation sites is 2. The molecule has 8 heteroatoms. The lowest BCUT2D eigenvalue weighted by molar-refractivity contribution is -0.534. The molecule has 1 fully saturated rings. The Balaban J connectivity index is 1.55. The van der Waals surface area contributed by atoms with Crippen LogP contribution in [0.5, 0.6) is 5.75 Å². The van der Waals surface area contributed by atoms with E-state index in [0.717, 1.165) is 0 Å². The number of amides is 1. The third-order valence-corrected chi connectivity index (χ3v) is 6.70. The fourth-order valence-corrected chi connectivity index (χ4v) is 5.25. The number of nitrogens with one attached hydrogen (secondary N) is 1. The van der Waals surface area contributed by atoms with Gasteiger partial charge in [0, 0.05) is 33.8 Å². The normalized spacial score (nSPS) is 24.0. The van der Waals surface area contributed by atoms with Gasteiger partial charge < -0.3 is 10.1 Å². The fraction of sp³-hybridized carbons (Fsp3) is 0.240. The molecule has 3 aromatic rings. The summed E-state index contributed by atoms with van der Waals surface area (Å²) in [6.45, 7) is 0.275. The van der Waals surface area contributed by atoms with Gasteiger partial charge in [-0.3, -0.25) is 19.8 Å². The van der Waals surface area contributed by atoms with Gasteiger partial charge in [-0.2, -0.15) is 0 Å². The zero-order chi connectivity index (χ0) is 23.2. The van der Waals surface area contributed by atoms with E-state index < -0.39 is 23.4 Å². The van der Waals surface area contributed by atoms with Crippen LogP contribution in [0.15, 0.2) is 72.8 Å². The molecule has 2 aliphatic heterocycles. The highest BCUT2D eigenvalue weighted by molar-refractivity contribution is 6.06. The van der Waals surface area contributed by atoms with E-state index in [9.17, 15) is 19.3 Å². The van der Waals surface area contributed by atoms with E-state index >= 15 is 0 Å². The number of rotatable bonds is 5. The van der Waals surface area contributed by atoms with Crippen molar-refractivity contribution in [3.63, 3.8) is 0 Å². The van der Waals surface area contributed by atoms with Crippen molar-refractivity contribution in [1.29, 1.82) is 0 Å². The standard InChI is InChI=1S/C25H22FN3O4/c1-28-14-18(17-9-3-7-13-22(17)33-15-16-8-2-5-11-20(16)26)23(29(31)32)25(28)19-10-4-6-12-21(19)27-24(25)30/h2-13,18,23H,14-15H2,1H3,(H,27,30)/t18-,23+,25-/m1/s1. The number of halogens is 1. The van der Waals surface area contributed by atoms with Gasteiger partial charge in [0.25, 0.3) is 11.9 Å². The van der Waals surface area contributed by atoms with Crippen molar-refractivity contribution in [2.24, 2.45) is 0 Å². The largest absolute Gasteiger partial charge is 0.488 e. The Morgan fingerprint density at radius 1 is 1.12 bits per heavy atom. The van der Waals surface area contributed by atoms with E-state index in [0.29, 0.717) is 28.1 Å². The molecule has 3 aromatic carbocycles. The zero-order valence-corrected chi connectivity index (χ0v) is 17.9. The Hall–Kier alpha value is -3.78. The van der Waals surface area contributed by atoms with Crippen molar-refractivity contribution in [3.8, 4) is 5.75 Å². The number of likely N-dealkylation sites (tertiary alicyclic amines) is 1. The second-order valence-corrected chi connectivity index (χ2v) is 8.40. The Morgan fingerprint density at radius 2 is 1.82 bits per heavy atom. The first kappa shape index (κ1) is 21.1. The van der Waals surface area contributed by atoms with Gasteiger partial charge in [0.05, 0.1) is 5.92 Å². The third-order valence-electron chi connectivity index (χ3n) is 6.70. The Morgan fingerprint density at radius 3 is 2.61 bits per heavy atom. The van der Waals surface area contributed by atoms with Crippen LogP contribution in [0.3, 0.4) is 0 Å². The summed E-state index contributed by atoms with van der Waals surface area (Å²) >= 11 is 0. The molecule has 5 rings (SSSR count). The van der Waals surface area contributed by atoms with Crippen LogP contribution in [-0.4, -0.2) is 35.4 Å². The topological polar surface area (TPSA) is 84.7 Å². The molecule has 7 nitrogen and oxygen atoms in total. The minimum absolute atomic E-state index is 0.0101. The maximum absolute atomic E-state index is 14.1. The summed E-state index contributed by atoms with van der Waals surface area (Å²) in [5.41, 5.74) is 0.778. The molecule has 0 radical (unpaired) electrons. The Kier molecular flexibility index (Phi) is 5.09. The molecule has 1 spiro atoms. The molecule has 0 aromatic heterocycles. The van der Waals surface area contributed by atoms with Crippen LogP contribution in [0.25, 0.3) is 0 Å². The summed E-state index contributed by atoms with van der Waals surface area (Å²) in [5, 5.41) is 15.3. The van der Waals surface area contributed by atoms with E-state index in [-0.39, 0.29) is 23.9 Å². The lowest BCUT2D eigenvalue weighted by Crippen LogP contribution is -2.54. The van der Waals surface area contributed by atoms with Crippen LogP contribution in [0.2, 0.25) is 0 Å². The van der Waals surface area contributed by atoms with Crippen molar-refractivity contribution >= 4 is 11.6 Å². The van der Waals surface area contributed by atoms with Crippen LogP contribution < -0.4 is 10.1 Å². The molecule has 0 unspecified atom stereocenters. The van der Waals surface area contributed by atoms with Gasteiger partial charge in [-0.05, 0) is 25.2 Å². The number of benzene rings is 3. The Bertz CT molecular complexity index is 1250. The smallest absolute Gasteiger partial charge is 0.256 e. The number of nitro groups is 1. The van der Waals surface area contributed by atoms with Crippen molar-refractivity contribution in [2.45, 2.75) is 24.1 Å². The summed E-state index contributed by atoms with van der Waals surface area (Å²) in [6.07, 6.45) is 0. The highest BCUT2D eigenvalue weighted by Crippen LogP contribution is 2.52. The maximum Gasteiger partial charge on any atom is 0.256 e. The van der Waals surface area contributed by atoms with Gasteiger partial charge in [0.15, 0.2) is 5.54 Å². The summed E-state index contributed by atoms with van der Waals surface area (Å²) in [5.74, 6) is -0.953. The lowest BCUT2D eigenvalue weighted by Gasteiger charge is -2.30. The van der Waals surface area contributed by atoms with Gasteiger partial charge >= 0.3 is 0 Å². The molecule has 0 bridgehead atoms. The van der Waals surface area contributed by atoms with Crippen LogP contribution in [-0.2, 0) is 16.9 Å². The predicted octanol–water partition coefficient (Wildman–Crippen LogP) is 3.93. The molecule has 1 saturated heterocycles. The first-order chi connectivity index (χ1) is 15.9. The van der Waals surface area contributed by atoms with E-state index in [4.69, 9.17) is 4.74 Å². The molecule has 0 saturated carbocycles.